The van der Waals surface area contributed by atoms with E-state index in [0.29, 0.717) is 41.8 Å². The summed E-state index contributed by atoms with van der Waals surface area (Å²) in [5.41, 5.74) is 2.26. The molecule has 6 nitrogen and oxygen atoms in total. The molecule has 1 aliphatic rings. The first-order valence-corrected chi connectivity index (χ1v) is 11.0. The molecule has 3 aromatic rings. The molecule has 1 fully saturated rings. The van der Waals surface area contributed by atoms with Crippen LogP contribution in [0.5, 0.6) is 0 Å². The first kappa shape index (κ1) is 19.7. The molecule has 1 atom stereocenters. The average Bonchev–Trinajstić information content (AvgIpc) is 3.20. The van der Waals surface area contributed by atoms with E-state index < -0.39 is 10.0 Å². The molecule has 0 aliphatic carbocycles. The zero-order chi connectivity index (χ0) is 20.6. The van der Waals surface area contributed by atoms with Gasteiger partial charge < -0.3 is 4.42 Å². The number of aryl methyl sites for hydroxylation is 2. The van der Waals surface area contributed by atoms with Crippen LogP contribution in [0.2, 0.25) is 0 Å². The van der Waals surface area contributed by atoms with Crippen molar-refractivity contribution in [3.8, 4) is 11.5 Å². The maximum atomic E-state index is 13.2. The van der Waals surface area contributed by atoms with E-state index in [2.05, 4.69) is 10.2 Å². The van der Waals surface area contributed by atoms with Crippen molar-refractivity contribution in [2.24, 2.45) is 0 Å². The average molecular weight is 415 g/mol. The molecule has 29 heavy (non-hydrogen) atoms. The van der Waals surface area contributed by atoms with Gasteiger partial charge in [0.15, 0.2) is 0 Å². The standard InChI is InChI=1S/C21H22FN3O3S/c1-14-5-6-15(2)19(12-14)29(26,27)25-11-3-4-17(13-25)21-24-23-20(28-21)16-7-9-18(22)10-8-16/h5-10,12,17H,3-4,11,13H2,1-2H3. The van der Waals surface area contributed by atoms with Gasteiger partial charge >= 0.3 is 0 Å². The Morgan fingerprint density at radius 1 is 1.10 bits per heavy atom. The summed E-state index contributed by atoms with van der Waals surface area (Å²) in [6.07, 6.45) is 1.48. The third-order valence-corrected chi connectivity index (χ3v) is 7.23. The highest BCUT2D eigenvalue weighted by Gasteiger charge is 2.34. The fraction of sp³-hybridized carbons (Fsp3) is 0.333. The van der Waals surface area contributed by atoms with Gasteiger partial charge in [0.1, 0.15) is 5.82 Å². The number of aromatic nitrogens is 2. The number of halogens is 1. The lowest BCUT2D eigenvalue weighted by Gasteiger charge is -2.30. The van der Waals surface area contributed by atoms with E-state index in [-0.39, 0.29) is 11.7 Å². The molecule has 4 rings (SSSR count). The summed E-state index contributed by atoms with van der Waals surface area (Å²) in [5.74, 6) is 0.193. The molecule has 0 amide bonds. The maximum absolute atomic E-state index is 13.2. The number of piperidine rings is 1. The van der Waals surface area contributed by atoms with Crippen molar-refractivity contribution in [1.82, 2.24) is 14.5 Å². The van der Waals surface area contributed by atoms with Crippen molar-refractivity contribution in [3.63, 3.8) is 0 Å². The van der Waals surface area contributed by atoms with Gasteiger partial charge in [0.2, 0.25) is 21.8 Å². The van der Waals surface area contributed by atoms with E-state index >= 15 is 0 Å². The molecule has 2 heterocycles. The summed E-state index contributed by atoms with van der Waals surface area (Å²) in [6.45, 7) is 4.44. The van der Waals surface area contributed by atoms with E-state index in [1.54, 1.807) is 25.1 Å². The lowest BCUT2D eigenvalue weighted by Crippen LogP contribution is -2.39. The molecule has 1 saturated heterocycles. The highest BCUT2D eigenvalue weighted by molar-refractivity contribution is 7.89. The van der Waals surface area contributed by atoms with Crippen molar-refractivity contribution in [2.45, 2.75) is 37.5 Å². The number of nitrogens with zero attached hydrogens (tertiary/aromatic N) is 3. The minimum atomic E-state index is -3.60. The topological polar surface area (TPSA) is 76.3 Å². The van der Waals surface area contributed by atoms with Gasteiger partial charge in [-0.3, -0.25) is 0 Å². The van der Waals surface area contributed by atoms with E-state index in [1.807, 2.05) is 19.1 Å². The molecule has 152 valence electrons. The van der Waals surface area contributed by atoms with Crippen LogP contribution in [0.1, 0.15) is 35.8 Å². The third kappa shape index (κ3) is 3.95. The van der Waals surface area contributed by atoms with Crippen molar-refractivity contribution in [1.29, 1.82) is 0 Å². The van der Waals surface area contributed by atoms with Gasteiger partial charge in [0.25, 0.3) is 0 Å². The highest BCUT2D eigenvalue weighted by atomic mass is 32.2. The van der Waals surface area contributed by atoms with Crippen LogP contribution in [0.3, 0.4) is 0 Å². The number of sulfonamides is 1. The molecule has 0 spiro atoms. The van der Waals surface area contributed by atoms with Crippen LogP contribution in [0.4, 0.5) is 4.39 Å². The van der Waals surface area contributed by atoms with Crippen LogP contribution in [-0.2, 0) is 10.0 Å². The Morgan fingerprint density at radius 3 is 2.62 bits per heavy atom. The Morgan fingerprint density at radius 2 is 1.86 bits per heavy atom. The first-order chi connectivity index (χ1) is 13.8. The fourth-order valence-electron chi connectivity index (χ4n) is 3.60. The van der Waals surface area contributed by atoms with Gasteiger partial charge in [0, 0.05) is 18.7 Å². The second-order valence-corrected chi connectivity index (χ2v) is 9.33. The molecule has 0 N–H and O–H groups in total. The summed E-state index contributed by atoms with van der Waals surface area (Å²) in [4.78, 5) is 0.343. The number of hydrogen-bond acceptors (Lipinski definition) is 5. The lowest BCUT2D eigenvalue weighted by atomic mass is 10.00. The summed E-state index contributed by atoms with van der Waals surface area (Å²) >= 11 is 0. The lowest BCUT2D eigenvalue weighted by molar-refractivity contribution is 0.286. The molecular formula is C21H22FN3O3S. The monoisotopic (exact) mass is 415 g/mol. The Labute approximate surface area is 169 Å². The first-order valence-electron chi connectivity index (χ1n) is 9.51. The van der Waals surface area contributed by atoms with Crippen molar-refractivity contribution < 1.29 is 17.2 Å². The molecule has 2 aromatic carbocycles. The summed E-state index contributed by atoms with van der Waals surface area (Å²) in [6, 6.07) is 11.3. The zero-order valence-corrected chi connectivity index (χ0v) is 17.1. The minimum absolute atomic E-state index is 0.176. The van der Waals surface area contributed by atoms with Crippen LogP contribution in [0.25, 0.3) is 11.5 Å². The number of hydrogen-bond donors (Lipinski definition) is 0. The van der Waals surface area contributed by atoms with Crippen molar-refractivity contribution in [2.75, 3.05) is 13.1 Å². The van der Waals surface area contributed by atoms with Gasteiger partial charge in [-0.15, -0.1) is 10.2 Å². The third-order valence-electron chi connectivity index (χ3n) is 5.23. The minimum Gasteiger partial charge on any atom is -0.420 e. The number of rotatable bonds is 4. The molecule has 0 radical (unpaired) electrons. The molecule has 1 aliphatic heterocycles. The van der Waals surface area contributed by atoms with Gasteiger partial charge in [-0.05, 0) is 68.1 Å². The molecule has 1 unspecified atom stereocenters. The molecule has 8 heteroatoms. The smallest absolute Gasteiger partial charge is 0.247 e. The second kappa shape index (κ2) is 7.68. The SMILES string of the molecule is Cc1ccc(C)c(S(=O)(=O)N2CCCC(c3nnc(-c4ccc(F)cc4)o3)C2)c1. The van der Waals surface area contributed by atoms with E-state index in [1.165, 1.54) is 16.4 Å². The van der Waals surface area contributed by atoms with Gasteiger partial charge in [0.05, 0.1) is 10.8 Å². The van der Waals surface area contributed by atoms with E-state index in [0.717, 1.165) is 17.5 Å². The fourth-order valence-corrected chi connectivity index (χ4v) is 5.43. The molecule has 0 bridgehead atoms. The van der Waals surface area contributed by atoms with Gasteiger partial charge in [-0.25, -0.2) is 12.8 Å². The maximum Gasteiger partial charge on any atom is 0.247 e. The Hall–Kier alpha value is -2.58. The van der Waals surface area contributed by atoms with Crippen molar-refractivity contribution >= 4 is 10.0 Å². The van der Waals surface area contributed by atoms with Gasteiger partial charge in [-0.2, -0.15) is 4.31 Å². The zero-order valence-electron chi connectivity index (χ0n) is 16.3. The van der Waals surface area contributed by atoms with Crippen LogP contribution in [0.15, 0.2) is 51.8 Å². The Balaban J connectivity index is 1.57. The van der Waals surface area contributed by atoms with Crippen LogP contribution in [0, 0.1) is 19.7 Å². The second-order valence-electron chi connectivity index (χ2n) is 7.42. The van der Waals surface area contributed by atoms with Crippen LogP contribution >= 0.6 is 0 Å². The summed E-state index contributed by atoms with van der Waals surface area (Å²) in [7, 11) is -3.60. The van der Waals surface area contributed by atoms with E-state index in [4.69, 9.17) is 4.42 Å². The predicted octanol–water partition coefficient (Wildman–Crippen LogP) is 4.06. The van der Waals surface area contributed by atoms with Crippen molar-refractivity contribution in [3.05, 3.63) is 65.3 Å². The molecular weight excluding hydrogens is 393 g/mol. The summed E-state index contributed by atoms with van der Waals surface area (Å²) in [5, 5.41) is 8.18. The van der Waals surface area contributed by atoms with Gasteiger partial charge in [-0.1, -0.05) is 12.1 Å². The van der Waals surface area contributed by atoms with Crippen LogP contribution in [-0.4, -0.2) is 36.0 Å². The number of benzene rings is 2. The van der Waals surface area contributed by atoms with E-state index in [9.17, 15) is 12.8 Å². The Bertz CT molecular complexity index is 1130. The predicted molar refractivity (Wildman–Crippen MR) is 106 cm³/mol. The highest BCUT2D eigenvalue weighted by Crippen LogP contribution is 2.32. The quantitative estimate of drug-likeness (QED) is 0.642. The molecule has 0 saturated carbocycles. The largest absolute Gasteiger partial charge is 0.420 e. The Kier molecular flexibility index (Phi) is 5.23. The normalized spacial score (nSPS) is 18.1. The summed E-state index contributed by atoms with van der Waals surface area (Å²) < 4.78 is 46.9. The van der Waals surface area contributed by atoms with Crippen LogP contribution < -0.4 is 0 Å². The molecule has 1 aromatic heterocycles.